The Hall–Kier alpha value is -3.33. The SMILES string of the molecule is O=C(/C=C/c1ccccc1[N+](=O)[O-])NNC(=S)NCc1ccc(F)cc1. The first kappa shape index (κ1) is 19.0. The van der Waals surface area contributed by atoms with E-state index in [4.69, 9.17) is 12.2 Å². The molecule has 0 saturated carbocycles. The van der Waals surface area contributed by atoms with E-state index in [0.29, 0.717) is 12.1 Å². The van der Waals surface area contributed by atoms with Gasteiger partial charge in [0, 0.05) is 18.7 Å². The molecule has 0 radical (unpaired) electrons. The van der Waals surface area contributed by atoms with Gasteiger partial charge in [-0.05, 0) is 42.1 Å². The molecule has 0 heterocycles. The first-order valence-corrected chi connectivity index (χ1v) is 7.86. The van der Waals surface area contributed by atoms with E-state index in [2.05, 4.69) is 16.2 Å². The van der Waals surface area contributed by atoms with Crippen molar-refractivity contribution in [1.82, 2.24) is 16.2 Å². The van der Waals surface area contributed by atoms with Gasteiger partial charge in [0.05, 0.1) is 10.5 Å². The van der Waals surface area contributed by atoms with E-state index in [1.807, 2.05) is 0 Å². The average Bonchev–Trinajstić information content (AvgIpc) is 2.64. The molecule has 2 aromatic rings. The summed E-state index contributed by atoms with van der Waals surface area (Å²) in [5.41, 5.74) is 5.87. The van der Waals surface area contributed by atoms with Crippen LogP contribution in [0.5, 0.6) is 0 Å². The fourth-order valence-corrected chi connectivity index (χ4v) is 2.07. The zero-order valence-electron chi connectivity index (χ0n) is 13.4. The van der Waals surface area contributed by atoms with Crippen LogP contribution in [-0.4, -0.2) is 15.9 Å². The maximum absolute atomic E-state index is 12.8. The zero-order chi connectivity index (χ0) is 18.9. The van der Waals surface area contributed by atoms with Crippen molar-refractivity contribution in [3.63, 3.8) is 0 Å². The number of nitro benzene ring substituents is 1. The number of thiocarbonyl (C=S) groups is 1. The lowest BCUT2D eigenvalue weighted by atomic mass is 10.1. The summed E-state index contributed by atoms with van der Waals surface area (Å²) in [5.74, 6) is -0.860. The van der Waals surface area contributed by atoms with Gasteiger partial charge in [-0.15, -0.1) is 0 Å². The Morgan fingerprint density at radius 3 is 2.54 bits per heavy atom. The number of nitrogens with one attached hydrogen (secondary N) is 3. The Morgan fingerprint density at radius 2 is 1.85 bits per heavy atom. The number of hydrogen-bond donors (Lipinski definition) is 3. The summed E-state index contributed by atoms with van der Waals surface area (Å²) in [6.45, 7) is 0.355. The molecule has 0 saturated heterocycles. The lowest BCUT2D eigenvalue weighted by Gasteiger charge is -2.10. The highest BCUT2D eigenvalue weighted by Gasteiger charge is 2.09. The highest BCUT2D eigenvalue weighted by molar-refractivity contribution is 7.80. The molecular formula is C17H15FN4O3S. The van der Waals surface area contributed by atoms with Crippen LogP contribution in [0, 0.1) is 15.9 Å². The molecular weight excluding hydrogens is 359 g/mol. The quantitative estimate of drug-likeness (QED) is 0.322. The number of amides is 1. The Balaban J connectivity index is 1.80. The Bertz CT molecular complexity index is 840. The van der Waals surface area contributed by atoms with Crippen LogP contribution < -0.4 is 16.2 Å². The van der Waals surface area contributed by atoms with Gasteiger partial charge in [0.25, 0.3) is 11.6 Å². The molecule has 26 heavy (non-hydrogen) atoms. The summed E-state index contributed by atoms with van der Waals surface area (Å²) in [6.07, 6.45) is 2.49. The van der Waals surface area contributed by atoms with Gasteiger partial charge in [0.15, 0.2) is 5.11 Å². The summed E-state index contributed by atoms with van der Waals surface area (Å²) < 4.78 is 12.8. The lowest BCUT2D eigenvalue weighted by molar-refractivity contribution is -0.385. The number of nitrogens with zero attached hydrogens (tertiary/aromatic N) is 1. The molecule has 1 amide bonds. The highest BCUT2D eigenvalue weighted by atomic mass is 32.1. The average molecular weight is 374 g/mol. The van der Waals surface area contributed by atoms with Crippen LogP contribution in [0.2, 0.25) is 0 Å². The van der Waals surface area contributed by atoms with Crippen molar-refractivity contribution in [2.45, 2.75) is 6.54 Å². The van der Waals surface area contributed by atoms with E-state index < -0.39 is 10.8 Å². The molecule has 0 aliphatic heterocycles. The van der Waals surface area contributed by atoms with Crippen LogP contribution in [0.1, 0.15) is 11.1 Å². The molecule has 0 atom stereocenters. The number of hydrogen-bond acceptors (Lipinski definition) is 4. The van der Waals surface area contributed by atoms with Gasteiger partial charge >= 0.3 is 0 Å². The normalized spacial score (nSPS) is 10.3. The third-order valence-electron chi connectivity index (χ3n) is 3.21. The fraction of sp³-hybridized carbons (Fsp3) is 0.0588. The summed E-state index contributed by atoms with van der Waals surface area (Å²) in [4.78, 5) is 22.1. The first-order valence-electron chi connectivity index (χ1n) is 7.45. The van der Waals surface area contributed by atoms with Crippen LogP contribution in [0.4, 0.5) is 10.1 Å². The molecule has 0 aliphatic rings. The predicted molar refractivity (Wildman–Crippen MR) is 99.2 cm³/mol. The van der Waals surface area contributed by atoms with Crippen molar-refractivity contribution in [2.24, 2.45) is 0 Å². The maximum Gasteiger partial charge on any atom is 0.276 e. The zero-order valence-corrected chi connectivity index (χ0v) is 14.3. The van der Waals surface area contributed by atoms with E-state index in [0.717, 1.165) is 11.6 Å². The minimum absolute atomic E-state index is 0.0963. The summed E-state index contributed by atoms with van der Waals surface area (Å²) in [6, 6.07) is 12.0. The molecule has 134 valence electrons. The van der Waals surface area contributed by atoms with Crippen LogP contribution in [-0.2, 0) is 11.3 Å². The summed E-state index contributed by atoms with van der Waals surface area (Å²) in [5, 5.41) is 13.9. The standard InChI is InChI=1S/C17H15FN4O3S/c18-14-8-5-12(6-9-14)11-19-17(26)21-20-16(23)10-7-13-3-1-2-4-15(13)22(24)25/h1-10H,11H2,(H,20,23)(H2,19,21,26)/b10-7+. The minimum atomic E-state index is -0.533. The van der Waals surface area contributed by atoms with E-state index in [1.165, 1.54) is 30.3 Å². The molecule has 7 nitrogen and oxygen atoms in total. The molecule has 0 aliphatic carbocycles. The molecule has 0 bridgehead atoms. The van der Waals surface area contributed by atoms with E-state index >= 15 is 0 Å². The van der Waals surface area contributed by atoms with Crippen molar-refractivity contribution in [1.29, 1.82) is 0 Å². The molecule has 2 aromatic carbocycles. The first-order chi connectivity index (χ1) is 12.5. The predicted octanol–water partition coefficient (Wildman–Crippen LogP) is 2.44. The second kappa shape index (κ2) is 9.23. The van der Waals surface area contributed by atoms with Crippen molar-refractivity contribution in [3.8, 4) is 0 Å². The molecule has 0 unspecified atom stereocenters. The van der Waals surface area contributed by atoms with Gasteiger partial charge in [-0.3, -0.25) is 25.8 Å². The molecule has 0 fully saturated rings. The van der Waals surface area contributed by atoms with E-state index in [1.54, 1.807) is 24.3 Å². The number of carbonyl (C=O) groups excluding carboxylic acids is 1. The second-order valence-electron chi connectivity index (χ2n) is 5.07. The third-order valence-corrected chi connectivity index (χ3v) is 3.46. The molecule has 2 rings (SSSR count). The van der Waals surface area contributed by atoms with Crippen LogP contribution in [0.3, 0.4) is 0 Å². The van der Waals surface area contributed by atoms with Gasteiger partial charge in [0.2, 0.25) is 0 Å². The summed E-state index contributed by atoms with van der Waals surface area (Å²) >= 11 is 5.01. The van der Waals surface area contributed by atoms with Crippen LogP contribution in [0.25, 0.3) is 6.08 Å². The monoisotopic (exact) mass is 374 g/mol. The van der Waals surface area contributed by atoms with Gasteiger partial charge in [-0.2, -0.15) is 0 Å². The van der Waals surface area contributed by atoms with Crippen LogP contribution >= 0.6 is 12.2 Å². The lowest BCUT2D eigenvalue weighted by Crippen LogP contribution is -2.45. The van der Waals surface area contributed by atoms with Gasteiger partial charge in [0.1, 0.15) is 5.82 Å². The topological polar surface area (TPSA) is 96.3 Å². The second-order valence-corrected chi connectivity index (χ2v) is 5.48. The number of nitro groups is 1. The van der Waals surface area contributed by atoms with Crippen LogP contribution in [0.15, 0.2) is 54.6 Å². The van der Waals surface area contributed by atoms with Gasteiger partial charge < -0.3 is 5.32 Å². The maximum atomic E-state index is 12.8. The van der Waals surface area contributed by atoms with Crippen molar-refractivity contribution >= 4 is 35.0 Å². The Kier molecular flexibility index (Phi) is 6.75. The smallest absolute Gasteiger partial charge is 0.276 e. The number of hydrazine groups is 1. The summed E-state index contributed by atoms with van der Waals surface area (Å²) in [7, 11) is 0. The molecule has 0 aromatic heterocycles. The fourth-order valence-electron chi connectivity index (χ4n) is 1.95. The van der Waals surface area contributed by atoms with E-state index in [-0.39, 0.29) is 16.6 Å². The van der Waals surface area contributed by atoms with E-state index in [9.17, 15) is 19.3 Å². The number of carbonyl (C=O) groups is 1. The van der Waals surface area contributed by atoms with Crippen molar-refractivity contribution in [3.05, 3.63) is 81.7 Å². The number of rotatable bonds is 5. The molecule has 3 N–H and O–H groups in total. The highest BCUT2D eigenvalue weighted by Crippen LogP contribution is 2.18. The van der Waals surface area contributed by atoms with Crippen molar-refractivity contribution in [2.75, 3.05) is 0 Å². The minimum Gasteiger partial charge on any atom is -0.357 e. The molecule has 0 spiro atoms. The Labute approximate surface area is 154 Å². The van der Waals surface area contributed by atoms with Crippen molar-refractivity contribution < 1.29 is 14.1 Å². The Morgan fingerprint density at radius 1 is 1.15 bits per heavy atom. The van der Waals surface area contributed by atoms with Gasteiger partial charge in [-0.1, -0.05) is 24.3 Å². The number of benzene rings is 2. The number of para-hydroxylation sites is 1. The van der Waals surface area contributed by atoms with Gasteiger partial charge in [-0.25, -0.2) is 4.39 Å². The number of halogens is 1. The third kappa shape index (κ3) is 5.95. The molecule has 9 heteroatoms. The largest absolute Gasteiger partial charge is 0.357 e.